The molecule has 0 spiro atoms. The molecule has 1 aliphatic heterocycles. The third-order valence-corrected chi connectivity index (χ3v) is 3.51. The molecule has 0 amide bonds. The molecule has 2 N–H and O–H groups in total. The minimum absolute atomic E-state index is 0.0599. The van der Waals surface area contributed by atoms with Crippen molar-refractivity contribution >= 4 is 5.78 Å². The molecule has 4 heteroatoms. The van der Waals surface area contributed by atoms with E-state index in [-0.39, 0.29) is 24.6 Å². The highest BCUT2D eigenvalue weighted by atomic mass is 16.5. The van der Waals surface area contributed by atoms with Crippen LogP contribution >= 0.6 is 0 Å². The Morgan fingerprint density at radius 1 is 1.32 bits per heavy atom. The maximum atomic E-state index is 12.1. The number of hydrogen-bond donors (Lipinski definition) is 2. The molecule has 1 aliphatic rings. The first kappa shape index (κ1) is 14.2. The van der Waals surface area contributed by atoms with E-state index in [0.29, 0.717) is 12.0 Å². The Morgan fingerprint density at radius 3 is 2.74 bits per heavy atom. The summed E-state index contributed by atoms with van der Waals surface area (Å²) in [5.41, 5.74) is 0.691. The second-order valence-electron chi connectivity index (χ2n) is 4.97. The van der Waals surface area contributed by atoms with Gasteiger partial charge in [-0.1, -0.05) is 30.3 Å². The fourth-order valence-electron chi connectivity index (χ4n) is 2.43. The Morgan fingerprint density at radius 2 is 2.05 bits per heavy atom. The molecule has 3 unspecified atom stereocenters. The molecule has 19 heavy (non-hydrogen) atoms. The van der Waals surface area contributed by atoms with Crippen LogP contribution in [0.15, 0.2) is 30.3 Å². The van der Waals surface area contributed by atoms with Gasteiger partial charge in [0, 0.05) is 12.0 Å². The van der Waals surface area contributed by atoms with Crippen molar-refractivity contribution in [3.8, 4) is 0 Å². The van der Waals surface area contributed by atoms with Crippen molar-refractivity contribution in [2.45, 2.75) is 44.0 Å². The van der Waals surface area contributed by atoms with E-state index < -0.39 is 6.10 Å². The molecular formula is C15H20O4. The van der Waals surface area contributed by atoms with Gasteiger partial charge in [0.25, 0.3) is 0 Å². The smallest absolute Gasteiger partial charge is 0.165 e. The van der Waals surface area contributed by atoms with Crippen molar-refractivity contribution < 1.29 is 19.7 Å². The number of Topliss-reactive ketones (excluding diaryl/α,β-unsaturated/α-hetero) is 1. The average molecular weight is 264 g/mol. The van der Waals surface area contributed by atoms with Gasteiger partial charge >= 0.3 is 0 Å². The molecule has 2 rings (SSSR count). The van der Waals surface area contributed by atoms with Gasteiger partial charge in [-0.2, -0.15) is 0 Å². The van der Waals surface area contributed by atoms with Crippen LogP contribution in [0.25, 0.3) is 0 Å². The maximum absolute atomic E-state index is 12.1. The minimum Gasteiger partial charge on any atom is -0.394 e. The summed E-state index contributed by atoms with van der Waals surface area (Å²) < 4.78 is 5.70. The Hall–Kier alpha value is -1.23. The van der Waals surface area contributed by atoms with Gasteiger partial charge in [-0.25, -0.2) is 0 Å². The number of ketones is 1. The first-order chi connectivity index (χ1) is 9.20. The lowest BCUT2D eigenvalue weighted by Crippen LogP contribution is -2.39. The Kier molecular flexibility index (Phi) is 5.07. The van der Waals surface area contributed by atoms with Crippen LogP contribution in [0.5, 0.6) is 0 Å². The van der Waals surface area contributed by atoms with Gasteiger partial charge in [0.1, 0.15) is 6.10 Å². The van der Waals surface area contributed by atoms with Crippen molar-refractivity contribution in [3.63, 3.8) is 0 Å². The molecule has 1 aromatic carbocycles. The number of aliphatic hydroxyl groups excluding tert-OH is 2. The number of ether oxygens (including phenoxy) is 1. The van der Waals surface area contributed by atoms with E-state index in [4.69, 9.17) is 9.84 Å². The third-order valence-electron chi connectivity index (χ3n) is 3.51. The highest BCUT2D eigenvalue weighted by molar-refractivity contribution is 5.96. The normalized spacial score (nSPS) is 24.9. The molecule has 0 bridgehead atoms. The summed E-state index contributed by atoms with van der Waals surface area (Å²) >= 11 is 0. The van der Waals surface area contributed by atoms with E-state index in [9.17, 15) is 9.90 Å². The monoisotopic (exact) mass is 264 g/mol. The second kappa shape index (κ2) is 6.80. The van der Waals surface area contributed by atoms with Crippen LogP contribution in [-0.2, 0) is 4.74 Å². The van der Waals surface area contributed by atoms with Crippen molar-refractivity contribution in [1.82, 2.24) is 0 Å². The molecule has 0 saturated carbocycles. The van der Waals surface area contributed by atoms with Gasteiger partial charge in [-0.05, 0) is 19.3 Å². The van der Waals surface area contributed by atoms with Crippen molar-refractivity contribution in [2.24, 2.45) is 0 Å². The molecule has 1 heterocycles. The molecule has 104 valence electrons. The average Bonchev–Trinajstić information content (AvgIpc) is 2.47. The summed E-state index contributed by atoms with van der Waals surface area (Å²) in [5, 5.41) is 18.5. The lowest BCUT2D eigenvalue weighted by atomic mass is 9.96. The van der Waals surface area contributed by atoms with Crippen molar-refractivity contribution in [2.75, 3.05) is 6.61 Å². The molecule has 1 saturated heterocycles. The number of carbonyl (C=O) groups excluding carboxylic acids is 1. The molecule has 0 aromatic heterocycles. The number of aliphatic hydroxyl groups is 2. The third kappa shape index (κ3) is 3.86. The minimum atomic E-state index is -0.852. The highest BCUT2D eigenvalue weighted by Gasteiger charge is 2.28. The summed E-state index contributed by atoms with van der Waals surface area (Å²) in [4.78, 5) is 12.1. The first-order valence-electron chi connectivity index (χ1n) is 6.73. The van der Waals surface area contributed by atoms with Crippen LogP contribution in [0.3, 0.4) is 0 Å². The van der Waals surface area contributed by atoms with Crippen LogP contribution in [0.1, 0.15) is 36.0 Å². The van der Waals surface area contributed by atoms with E-state index in [1.165, 1.54) is 0 Å². The summed E-state index contributed by atoms with van der Waals surface area (Å²) in [6.07, 6.45) is 1.44. The SMILES string of the molecule is O=C(CC1CCCC(C(O)CO)O1)c1ccccc1. The highest BCUT2D eigenvalue weighted by Crippen LogP contribution is 2.24. The molecule has 0 aliphatic carbocycles. The predicted molar refractivity (Wildman–Crippen MR) is 71.0 cm³/mol. The summed E-state index contributed by atoms with van der Waals surface area (Å²) in [7, 11) is 0. The standard InChI is InChI=1S/C15H20O4/c16-10-14(18)15-8-4-7-12(19-15)9-13(17)11-5-2-1-3-6-11/h1-3,5-6,12,14-16,18H,4,7-10H2. The van der Waals surface area contributed by atoms with Gasteiger partial charge in [0.15, 0.2) is 5.78 Å². The van der Waals surface area contributed by atoms with E-state index in [0.717, 1.165) is 19.3 Å². The van der Waals surface area contributed by atoms with Gasteiger partial charge in [-0.15, -0.1) is 0 Å². The van der Waals surface area contributed by atoms with Gasteiger partial charge < -0.3 is 14.9 Å². The zero-order valence-electron chi connectivity index (χ0n) is 10.9. The number of rotatable bonds is 5. The van der Waals surface area contributed by atoms with Crippen LogP contribution < -0.4 is 0 Å². The topological polar surface area (TPSA) is 66.8 Å². The number of carbonyl (C=O) groups is 1. The molecule has 1 fully saturated rings. The van der Waals surface area contributed by atoms with Crippen LogP contribution in [0, 0.1) is 0 Å². The van der Waals surface area contributed by atoms with Crippen molar-refractivity contribution in [1.29, 1.82) is 0 Å². The fraction of sp³-hybridized carbons (Fsp3) is 0.533. The number of hydrogen-bond acceptors (Lipinski definition) is 4. The Labute approximate surface area is 113 Å². The molecule has 1 aromatic rings. The maximum Gasteiger partial charge on any atom is 0.165 e. The summed E-state index contributed by atoms with van der Waals surface area (Å²) in [5.74, 6) is 0.0599. The quantitative estimate of drug-likeness (QED) is 0.792. The largest absolute Gasteiger partial charge is 0.394 e. The van der Waals surface area contributed by atoms with Gasteiger partial charge in [0.2, 0.25) is 0 Å². The van der Waals surface area contributed by atoms with Crippen LogP contribution in [0.2, 0.25) is 0 Å². The Bertz CT molecular complexity index is 404. The lowest BCUT2D eigenvalue weighted by Gasteiger charge is -2.32. The molecule has 3 atom stereocenters. The Balaban J connectivity index is 1.90. The van der Waals surface area contributed by atoms with E-state index in [2.05, 4.69) is 0 Å². The van der Waals surface area contributed by atoms with Crippen LogP contribution in [-0.4, -0.2) is 40.9 Å². The van der Waals surface area contributed by atoms with E-state index in [1.54, 1.807) is 12.1 Å². The van der Waals surface area contributed by atoms with E-state index in [1.807, 2.05) is 18.2 Å². The van der Waals surface area contributed by atoms with Gasteiger partial charge in [-0.3, -0.25) is 4.79 Å². The zero-order chi connectivity index (χ0) is 13.7. The van der Waals surface area contributed by atoms with Gasteiger partial charge in [0.05, 0.1) is 18.8 Å². The molecule has 4 nitrogen and oxygen atoms in total. The van der Waals surface area contributed by atoms with Crippen molar-refractivity contribution in [3.05, 3.63) is 35.9 Å². The summed E-state index contributed by atoms with van der Waals surface area (Å²) in [6, 6.07) is 9.15. The molecular weight excluding hydrogens is 244 g/mol. The lowest BCUT2D eigenvalue weighted by molar-refractivity contribution is -0.115. The number of benzene rings is 1. The fourth-order valence-corrected chi connectivity index (χ4v) is 2.43. The molecule has 0 radical (unpaired) electrons. The van der Waals surface area contributed by atoms with E-state index >= 15 is 0 Å². The summed E-state index contributed by atoms with van der Waals surface area (Å²) in [6.45, 7) is -0.302. The van der Waals surface area contributed by atoms with Crippen LogP contribution in [0.4, 0.5) is 0 Å². The zero-order valence-corrected chi connectivity index (χ0v) is 10.9. The second-order valence-corrected chi connectivity index (χ2v) is 4.97. The first-order valence-corrected chi connectivity index (χ1v) is 6.73. The predicted octanol–water partition coefficient (Wildman–Crippen LogP) is 1.55.